The largest absolute Gasteiger partial charge is 0.418 e. The van der Waals surface area contributed by atoms with E-state index >= 15 is 0 Å². The summed E-state index contributed by atoms with van der Waals surface area (Å²) in [7, 11) is 0. The summed E-state index contributed by atoms with van der Waals surface area (Å²) < 4.78 is 7.59. The second kappa shape index (κ2) is 4.99. The van der Waals surface area contributed by atoms with Crippen molar-refractivity contribution in [2.24, 2.45) is 5.73 Å². The smallest absolute Gasteiger partial charge is 0.268 e. The Morgan fingerprint density at radius 3 is 3.17 bits per heavy atom. The van der Waals surface area contributed by atoms with Crippen LogP contribution in [0.1, 0.15) is 40.1 Å². The zero-order chi connectivity index (χ0) is 16.3. The fourth-order valence-electron chi connectivity index (χ4n) is 3.54. The molecule has 3 aromatic rings. The van der Waals surface area contributed by atoms with Crippen molar-refractivity contribution in [2.45, 2.75) is 25.4 Å². The summed E-state index contributed by atoms with van der Waals surface area (Å²) in [4.78, 5) is 20.1. The van der Waals surface area contributed by atoms with Crippen LogP contribution in [-0.2, 0) is 6.54 Å². The van der Waals surface area contributed by atoms with Crippen LogP contribution in [0.4, 0.5) is 0 Å². The standard InChI is InChI=1S/C15H14N6O2S/c16-6-10-18-19-14(23-10)11-12-8-2-1-4-20(8)15(22)13-9(3-5-24-13)21(12)7-17-11/h3,5,7-8H,1-2,4,6,16H2/t8-/m0/s1. The minimum Gasteiger partial charge on any atom is -0.418 e. The molecule has 24 heavy (non-hydrogen) atoms. The summed E-state index contributed by atoms with van der Waals surface area (Å²) in [5.74, 6) is 0.809. The van der Waals surface area contributed by atoms with E-state index in [2.05, 4.69) is 15.2 Å². The quantitative estimate of drug-likeness (QED) is 0.761. The van der Waals surface area contributed by atoms with E-state index in [-0.39, 0.29) is 18.5 Å². The number of imidazole rings is 1. The molecule has 1 atom stereocenters. The first-order valence-corrected chi connectivity index (χ1v) is 8.65. The van der Waals surface area contributed by atoms with Crippen LogP contribution < -0.4 is 5.73 Å². The maximum absolute atomic E-state index is 12.9. The van der Waals surface area contributed by atoms with Gasteiger partial charge in [0.05, 0.1) is 24.0 Å². The summed E-state index contributed by atoms with van der Waals surface area (Å²) >= 11 is 1.46. The third-order valence-electron chi connectivity index (χ3n) is 4.58. The van der Waals surface area contributed by atoms with E-state index in [0.29, 0.717) is 17.5 Å². The van der Waals surface area contributed by atoms with E-state index in [4.69, 9.17) is 10.2 Å². The van der Waals surface area contributed by atoms with Gasteiger partial charge >= 0.3 is 0 Å². The minimum atomic E-state index is -0.0252. The third-order valence-corrected chi connectivity index (χ3v) is 5.47. The molecule has 0 radical (unpaired) electrons. The van der Waals surface area contributed by atoms with Crippen LogP contribution in [0.15, 0.2) is 22.2 Å². The number of nitrogens with zero attached hydrogens (tertiary/aromatic N) is 5. The Morgan fingerprint density at radius 1 is 1.42 bits per heavy atom. The molecule has 2 N–H and O–H groups in total. The van der Waals surface area contributed by atoms with E-state index in [9.17, 15) is 4.79 Å². The summed E-state index contributed by atoms with van der Waals surface area (Å²) in [6, 6.07) is 1.93. The summed E-state index contributed by atoms with van der Waals surface area (Å²) in [6.45, 7) is 0.940. The Hall–Kier alpha value is -2.52. The Labute approximate surface area is 140 Å². The first-order valence-electron chi connectivity index (χ1n) is 7.77. The molecule has 1 fully saturated rings. The average molecular weight is 342 g/mol. The fourth-order valence-corrected chi connectivity index (χ4v) is 4.38. The van der Waals surface area contributed by atoms with Gasteiger partial charge < -0.3 is 15.1 Å². The first kappa shape index (κ1) is 13.9. The number of thiophene rings is 1. The molecule has 9 heteroatoms. The minimum absolute atomic E-state index is 0.0252. The predicted octanol–water partition coefficient (Wildman–Crippen LogP) is 1.73. The van der Waals surface area contributed by atoms with Gasteiger partial charge in [-0.05, 0) is 24.3 Å². The summed E-state index contributed by atoms with van der Waals surface area (Å²) in [6.07, 6.45) is 3.61. The van der Waals surface area contributed by atoms with Gasteiger partial charge in [-0.15, -0.1) is 21.5 Å². The SMILES string of the molecule is NCc1nnc(-c2ncn3c2[C@@H]2CCCN2C(=O)c2sccc2-3)o1. The van der Waals surface area contributed by atoms with Gasteiger partial charge in [-0.25, -0.2) is 4.98 Å². The van der Waals surface area contributed by atoms with Crippen molar-refractivity contribution in [1.82, 2.24) is 24.6 Å². The monoisotopic (exact) mass is 342 g/mol. The van der Waals surface area contributed by atoms with Crippen molar-refractivity contribution in [1.29, 1.82) is 0 Å². The lowest BCUT2D eigenvalue weighted by Crippen LogP contribution is -2.29. The molecule has 0 unspecified atom stereocenters. The second-order valence-electron chi connectivity index (χ2n) is 5.85. The zero-order valence-corrected chi connectivity index (χ0v) is 13.5. The van der Waals surface area contributed by atoms with Crippen LogP contribution in [0.5, 0.6) is 0 Å². The average Bonchev–Trinajstić information content (AvgIpc) is 3.37. The molecular formula is C15H14N6O2S. The van der Waals surface area contributed by atoms with Gasteiger partial charge in [0, 0.05) is 6.54 Å². The van der Waals surface area contributed by atoms with Crippen LogP contribution in [0, 0.1) is 0 Å². The van der Waals surface area contributed by atoms with Gasteiger partial charge in [0.1, 0.15) is 11.2 Å². The van der Waals surface area contributed by atoms with E-state index < -0.39 is 0 Å². The molecule has 2 aliphatic heterocycles. The highest BCUT2D eigenvalue weighted by atomic mass is 32.1. The second-order valence-corrected chi connectivity index (χ2v) is 6.76. The number of amides is 1. The van der Waals surface area contributed by atoms with Crippen LogP contribution >= 0.6 is 11.3 Å². The van der Waals surface area contributed by atoms with Gasteiger partial charge in [-0.2, -0.15) is 0 Å². The highest BCUT2D eigenvalue weighted by molar-refractivity contribution is 7.12. The van der Waals surface area contributed by atoms with Crippen LogP contribution in [-0.4, -0.2) is 37.1 Å². The van der Waals surface area contributed by atoms with E-state index in [1.54, 1.807) is 6.33 Å². The molecule has 0 aliphatic carbocycles. The highest BCUT2D eigenvalue weighted by Crippen LogP contribution is 2.43. The molecule has 3 aromatic heterocycles. The maximum Gasteiger partial charge on any atom is 0.268 e. The Morgan fingerprint density at radius 2 is 2.33 bits per heavy atom. The number of aromatic nitrogens is 4. The van der Waals surface area contributed by atoms with Crippen molar-refractivity contribution >= 4 is 17.2 Å². The van der Waals surface area contributed by atoms with E-state index in [0.717, 1.165) is 35.6 Å². The van der Waals surface area contributed by atoms with Crippen molar-refractivity contribution < 1.29 is 9.21 Å². The molecule has 5 rings (SSSR count). The number of nitrogens with two attached hydrogens (primary N) is 1. The normalized spacial score (nSPS) is 19.1. The van der Waals surface area contributed by atoms with Crippen molar-refractivity contribution in [2.75, 3.05) is 6.54 Å². The molecule has 0 spiro atoms. The molecule has 122 valence electrons. The fraction of sp³-hybridized carbons (Fsp3) is 0.333. The van der Waals surface area contributed by atoms with Crippen LogP contribution in [0.2, 0.25) is 0 Å². The summed E-state index contributed by atoms with van der Waals surface area (Å²) in [5.41, 5.74) is 7.99. The zero-order valence-electron chi connectivity index (χ0n) is 12.7. The van der Waals surface area contributed by atoms with Gasteiger partial charge in [0.2, 0.25) is 5.89 Å². The van der Waals surface area contributed by atoms with Gasteiger partial charge in [-0.1, -0.05) is 0 Å². The lowest BCUT2D eigenvalue weighted by atomic mass is 10.1. The Bertz CT molecular complexity index is 942. The molecule has 1 saturated heterocycles. The summed E-state index contributed by atoms with van der Waals surface area (Å²) in [5, 5.41) is 9.93. The van der Waals surface area contributed by atoms with E-state index in [1.807, 2.05) is 20.9 Å². The Kier molecular flexibility index (Phi) is 2.88. The number of carbonyl (C=O) groups is 1. The maximum atomic E-state index is 12.9. The lowest BCUT2D eigenvalue weighted by Gasteiger charge is -2.22. The van der Waals surface area contributed by atoms with E-state index in [1.165, 1.54) is 11.3 Å². The topological polar surface area (TPSA) is 103 Å². The predicted molar refractivity (Wildman–Crippen MR) is 85.6 cm³/mol. The van der Waals surface area contributed by atoms with Crippen molar-refractivity contribution in [3.63, 3.8) is 0 Å². The number of carbonyl (C=O) groups excluding carboxylic acids is 1. The molecule has 0 aromatic carbocycles. The number of rotatable bonds is 2. The number of hydrogen-bond donors (Lipinski definition) is 1. The number of fused-ring (bicyclic) bond motifs is 5. The highest BCUT2D eigenvalue weighted by Gasteiger charge is 2.40. The van der Waals surface area contributed by atoms with Crippen LogP contribution in [0.25, 0.3) is 17.3 Å². The Balaban J connectivity index is 1.75. The van der Waals surface area contributed by atoms with Gasteiger partial charge in [-0.3, -0.25) is 9.36 Å². The lowest BCUT2D eigenvalue weighted by molar-refractivity contribution is 0.0743. The molecule has 5 heterocycles. The molecular weight excluding hydrogens is 328 g/mol. The van der Waals surface area contributed by atoms with Crippen molar-refractivity contribution in [3.8, 4) is 17.3 Å². The molecule has 1 amide bonds. The van der Waals surface area contributed by atoms with Crippen molar-refractivity contribution in [3.05, 3.63) is 34.2 Å². The van der Waals surface area contributed by atoms with Gasteiger partial charge in [0.25, 0.3) is 11.8 Å². The van der Waals surface area contributed by atoms with Gasteiger partial charge in [0.15, 0.2) is 5.69 Å². The number of hydrogen-bond acceptors (Lipinski definition) is 7. The van der Waals surface area contributed by atoms with Crippen LogP contribution in [0.3, 0.4) is 0 Å². The molecule has 0 saturated carbocycles. The molecule has 2 aliphatic rings. The molecule has 0 bridgehead atoms. The molecule has 8 nitrogen and oxygen atoms in total. The third kappa shape index (κ3) is 1.76. The first-order chi connectivity index (χ1) is 11.8.